The van der Waals surface area contributed by atoms with E-state index >= 15 is 0 Å². The van der Waals surface area contributed by atoms with Crippen LogP contribution in [0, 0.1) is 11.3 Å². The highest BCUT2D eigenvalue weighted by Gasteiger charge is 2.26. The summed E-state index contributed by atoms with van der Waals surface area (Å²) < 4.78 is 4.93. The summed E-state index contributed by atoms with van der Waals surface area (Å²) in [5.74, 6) is 0. The molecule has 1 rings (SSSR count). The van der Waals surface area contributed by atoms with Crippen LogP contribution in [0.1, 0.15) is 12.0 Å². The third-order valence-electron chi connectivity index (χ3n) is 2.19. The van der Waals surface area contributed by atoms with Gasteiger partial charge in [0.05, 0.1) is 6.07 Å². The topological polar surface area (TPSA) is 59.0 Å². The summed E-state index contributed by atoms with van der Waals surface area (Å²) in [6.07, 6.45) is 0.504. The van der Waals surface area contributed by atoms with Crippen molar-refractivity contribution in [1.29, 1.82) is 5.26 Å². The summed E-state index contributed by atoms with van der Waals surface area (Å²) >= 11 is 0. The second-order valence-corrected chi connectivity index (χ2v) is 3.19. The van der Waals surface area contributed by atoms with Crippen LogP contribution in [0.15, 0.2) is 30.3 Å². The molecule has 1 unspecified atom stereocenters. The average molecular weight is 190 g/mol. The first-order valence-corrected chi connectivity index (χ1v) is 4.47. The molecule has 74 valence electrons. The lowest BCUT2D eigenvalue weighted by Crippen LogP contribution is -2.36. The molecule has 1 aromatic rings. The average Bonchev–Trinajstić information content (AvgIpc) is 2.27. The Balaban J connectivity index is 2.86. The van der Waals surface area contributed by atoms with E-state index in [1.807, 2.05) is 30.3 Å². The normalized spacial score (nSPS) is 14.4. The lowest BCUT2D eigenvalue weighted by atomic mass is 9.90. The third kappa shape index (κ3) is 2.32. The van der Waals surface area contributed by atoms with Crippen LogP contribution in [0.4, 0.5) is 0 Å². The Hall–Kier alpha value is -1.37. The third-order valence-corrected chi connectivity index (χ3v) is 2.19. The zero-order chi connectivity index (χ0) is 10.4. The lowest BCUT2D eigenvalue weighted by Gasteiger charge is -2.21. The van der Waals surface area contributed by atoms with Gasteiger partial charge in [-0.15, -0.1) is 0 Å². The highest BCUT2D eigenvalue weighted by molar-refractivity contribution is 5.30. The number of rotatable bonds is 4. The first kappa shape index (κ1) is 10.7. The molecule has 0 aliphatic carbocycles. The van der Waals surface area contributed by atoms with Crippen molar-refractivity contribution in [2.75, 3.05) is 13.7 Å². The molecule has 3 heteroatoms. The van der Waals surface area contributed by atoms with E-state index in [0.717, 1.165) is 5.56 Å². The van der Waals surface area contributed by atoms with Crippen molar-refractivity contribution in [3.8, 4) is 6.07 Å². The molecule has 0 spiro atoms. The molecule has 0 aliphatic heterocycles. The number of nitrogens with zero attached hydrogens (tertiary/aromatic N) is 1. The minimum atomic E-state index is -0.933. The van der Waals surface area contributed by atoms with Crippen LogP contribution in [0.2, 0.25) is 0 Å². The molecular weight excluding hydrogens is 176 g/mol. The standard InChI is InChI=1S/C11H14N2O/c1-14-8-7-11(13,9-12)10-5-3-2-4-6-10/h2-6H,7-8,13H2,1H3. The van der Waals surface area contributed by atoms with Gasteiger partial charge in [-0.05, 0) is 5.56 Å². The van der Waals surface area contributed by atoms with Crippen LogP contribution < -0.4 is 5.73 Å². The number of ether oxygens (including phenoxy) is 1. The Morgan fingerprint density at radius 3 is 2.57 bits per heavy atom. The summed E-state index contributed by atoms with van der Waals surface area (Å²) in [6, 6.07) is 11.5. The number of nitrogens with two attached hydrogens (primary N) is 1. The van der Waals surface area contributed by atoms with Crippen molar-refractivity contribution in [2.45, 2.75) is 12.0 Å². The van der Waals surface area contributed by atoms with Crippen LogP contribution in [-0.4, -0.2) is 13.7 Å². The van der Waals surface area contributed by atoms with Crippen molar-refractivity contribution in [1.82, 2.24) is 0 Å². The number of hydrogen-bond acceptors (Lipinski definition) is 3. The Kier molecular flexibility index (Phi) is 3.63. The largest absolute Gasteiger partial charge is 0.385 e. The van der Waals surface area contributed by atoms with Gasteiger partial charge >= 0.3 is 0 Å². The summed E-state index contributed by atoms with van der Waals surface area (Å²) in [7, 11) is 1.60. The van der Waals surface area contributed by atoms with Gasteiger partial charge in [0.1, 0.15) is 5.54 Å². The first-order valence-electron chi connectivity index (χ1n) is 4.47. The van der Waals surface area contributed by atoms with Gasteiger partial charge < -0.3 is 10.5 Å². The molecule has 2 N–H and O–H groups in total. The van der Waals surface area contributed by atoms with Crippen LogP contribution in [0.25, 0.3) is 0 Å². The number of hydrogen-bond donors (Lipinski definition) is 1. The summed E-state index contributed by atoms with van der Waals surface area (Å²) in [4.78, 5) is 0. The molecule has 0 aliphatic rings. The molecule has 0 aromatic heterocycles. The van der Waals surface area contributed by atoms with Gasteiger partial charge in [0.2, 0.25) is 0 Å². The van der Waals surface area contributed by atoms with Crippen molar-refractivity contribution < 1.29 is 4.74 Å². The predicted octanol–water partition coefficient (Wildman–Crippen LogP) is 1.40. The van der Waals surface area contributed by atoms with Gasteiger partial charge in [-0.3, -0.25) is 0 Å². The summed E-state index contributed by atoms with van der Waals surface area (Å²) in [5, 5.41) is 9.03. The molecule has 1 aromatic carbocycles. The van der Waals surface area contributed by atoms with Gasteiger partial charge in [-0.25, -0.2) is 0 Å². The van der Waals surface area contributed by atoms with Crippen molar-refractivity contribution >= 4 is 0 Å². The van der Waals surface area contributed by atoms with Crippen LogP contribution in [0.5, 0.6) is 0 Å². The maximum Gasteiger partial charge on any atom is 0.132 e. The molecule has 14 heavy (non-hydrogen) atoms. The van der Waals surface area contributed by atoms with E-state index < -0.39 is 5.54 Å². The van der Waals surface area contributed by atoms with Crippen LogP contribution in [-0.2, 0) is 10.3 Å². The summed E-state index contributed by atoms with van der Waals surface area (Å²) in [6.45, 7) is 0.485. The monoisotopic (exact) mass is 190 g/mol. The van der Waals surface area contributed by atoms with Crippen molar-refractivity contribution in [2.24, 2.45) is 5.73 Å². The Labute approximate surface area is 84.1 Å². The summed E-state index contributed by atoms with van der Waals surface area (Å²) in [5.41, 5.74) is 5.86. The Morgan fingerprint density at radius 1 is 1.43 bits per heavy atom. The molecular formula is C11H14N2O. The number of methoxy groups -OCH3 is 1. The first-order chi connectivity index (χ1) is 6.73. The molecule has 0 saturated carbocycles. The van der Waals surface area contributed by atoms with E-state index in [2.05, 4.69) is 6.07 Å². The smallest absolute Gasteiger partial charge is 0.132 e. The minimum Gasteiger partial charge on any atom is -0.385 e. The second-order valence-electron chi connectivity index (χ2n) is 3.19. The van der Waals surface area contributed by atoms with Gasteiger partial charge in [0.25, 0.3) is 0 Å². The minimum absolute atomic E-state index is 0.485. The fourth-order valence-corrected chi connectivity index (χ4v) is 1.26. The van der Waals surface area contributed by atoms with Crippen molar-refractivity contribution in [3.63, 3.8) is 0 Å². The van der Waals surface area contributed by atoms with E-state index in [0.29, 0.717) is 13.0 Å². The van der Waals surface area contributed by atoms with Crippen molar-refractivity contribution in [3.05, 3.63) is 35.9 Å². The zero-order valence-corrected chi connectivity index (χ0v) is 8.23. The zero-order valence-electron chi connectivity index (χ0n) is 8.23. The fourth-order valence-electron chi connectivity index (χ4n) is 1.26. The molecule has 3 nitrogen and oxygen atoms in total. The highest BCUT2D eigenvalue weighted by atomic mass is 16.5. The van der Waals surface area contributed by atoms with Gasteiger partial charge in [0.15, 0.2) is 0 Å². The lowest BCUT2D eigenvalue weighted by molar-refractivity contribution is 0.179. The quantitative estimate of drug-likeness (QED) is 0.780. The van der Waals surface area contributed by atoms with E-state index in [1.165, 1.54) is 0 Å². The second kappa shape index (κ2) is 4.75. The SMILES string of the molecule is COCCC(N)(C#N)c1ccccc1. The molecule has 0 radical (unpaired) electrons. The van der Waals surface area contributed by atoms with E-state index in [1.54, 1.807) is 7.11 Å². The Bertz CT molecular complexity index is 318. The predicted molar refractivity (Wildman–Crippen MR) is 54.4 cm³/mol. The fraction of sp³-hybridized carbons (Fsp3) is 0.364. The van der Waals surface area contributed by atoms with Gasteiger partial charge in [-0.2, -0.15) is 5.26 Å². The molecule has 0 fully saturated rings. The molecule has 1 atom stereocenters. The Morgan fingerprint density at radius 2 is 2.07 bits per heavy atom. The highest BCUT2D eigenvalue weighted by Crippen LogP contribution is 2.20. The van der Waals surface area contributed by atoms with Gasteiger partial charge in [-0.1, -0.05) is 30.3 Å². The van der Waals surface area contributed by atoms with Crippen LogP contribution in [0.3, 0.4) is 0 Å². The molecule has 0 amide bonds. The maximum atomic E-state index is 9.03. The number of benzene rings is 1. The molecule has 0 heterocycles. The number of nitriles is 1. The van der Waals surface area contributed by atoms with E-state index in [-0.39, 0.29) is 0 Å². The van der Waals surface area contributed by atoms with E-state index in [9.17, 15) is 0 Å². The van der Waals surface area contributed by atoms with E-state index in [4.69, 9.17) is 15.7 Å². The molecule has 0 saturated heterocycles. The van der Waals surface area contributed by atoms with Gasteiger partial charge in [0, 0.05) is 20.1 Å². The van der Waals surface area contributed by atoms with Crippen LogP contribution >= 0.6 is 0 Å². The maximum absolute atomic E-state index is 9.03. The molecule has 0 bridgehead atoms.